The number of hydrogen-bond donors (Lipinski definition) is 2. The molecule has 0 unspecified atom stereocenters. The number of aromatic nitrogens is 2. The number of hydrogen-bond acceptors (Lipinski definition) is 5. The van der Waals surface area contributed by atoms with E-state index in [9.17, 15) is 0 Å². The maximum Gasteiger partial charge on any atom is 0.225 e. The summed E-state index contributed by atoms with van der Waals surface area (Å²) in [5.74, 6) is 2.19. The number of furan rings is 1. The van der Waals surface area contributed by atoms with E-state index in [0.29, 0.717) is 12.5 Å². The highest BCUT2D eigenvalue weighted by molar-refractivity contribution is 5.59. The van der Waals surface area contributed by atoms with Crippen LogP contribution in [0.2, 0.25) is 0 Å². The van der Waals surface area contributed by atoms with Gasteiger partial charge in [0.25, 0.3) is 0 Å². The molecule has 0 amide bonds. The molecule has 0 aliphatic heterocycles. The topological polar surface area (TPSA) is 63.0 Å². The zero-order valence-electron chi connectivity index (χ0n) is 13.6. The van der Waals surface area contributed by atoms with Crippen LogP contribution in [0, 0.1) is 20.8 Å². The summed E-state index contributed by atoms with van der Waals surface area (Å²) in [6.45, 7) is 6.71. The molecule has 0 atom stereocenters. The van der Waals surface area contributed by atoms with E-state index in [2.05, 4.69) is 52.6 Å². The van der Waals surface area contributed by atoms with Gasteiger partial charge in [-0.1, -0.05) is 6.07 Å². The summed E-state index contributed by atoms with van der Waals surface area (Å²) in [6.07, 6.45) is 1.65. The Morgan fingerprint density at radius 1 is 1.00 bits per heavy atom. The Labute approximate surface area is 135 Å². The summed E-state index contributed by atoms with van der Waals surface area (Å²) in [7, 11) is 0. The molecule has 0 aliphatic carbocycles. The molecule has 0 saturated carbocycles. The van der Waals surface area contributed by atoms with Gasteiger partial charge in [0.2, 0.25) is 5.95 Å². The van der Waals surface area contributed by atoms with Crippen molar-refractivity contribution >= 4 is 17.5 Å². The average molecular weight is 308 g/mol. The highest BCUT2D eigenvalue weighted by Gasteiger charge is 2.04. The van der Waals surface area contributed by atoms with Crippen LogP contribution in [0.15, 0.2) is 47.1 Å². The lowest BCUT2D eigenvalue weighted by Crippen LogP contribution is -2.06. The fourth-order valence-corrected chi connectivity index (χ4v) is 2.26. The Morgan fingerprint density at radius 2 is 1.87 bits per heavy atom. The van der Waals surface area contributed by atoms with E-state index in [0.717, 1.165) is 23.0 Å². The third-order valence-electron chi connectivity index (χ3n) is 3.63. The first-order chi connectivity index (χ1) is 11.1. The molecule has 1 aromatic carbocycles. The SMILES string of the molecule is Cc1cc(Nc2ccc(C)c(C)c2)nc(NCc2ccco2)n1. The number of nitrogens with one attached hydrogen (secondary N) is 2. The predicted molar refractivity (Wildman–Crippen MR) is 92.0 cm³/mol. The number of benzene rings is 1. The molecule has 23 heavy (non-hydrogen) atoms. The van der Waals surface area contributed by atoms with E-state index >= 15 is 0 Å². The van der Waals surface area contributed by atoms with Gasteiger partial charge in [0.05, 0.1) is 12.8 Å². The molecule has 0 spiro atoms. The van der Waals surface area contributed by atoms with E-state index in [4.69, 9.17) is 4.42 Å². The van der Waals surface area contributed by atoms with Gasteiger partial charge in [0.15, 0.2) is 0 Å². The second kappa shape index (κ2) is 6.52. The Kier molecular flexibility index (Phi) is 4.28. The molecule has 2 N–H and O–H groups in total. The normalized spacial score (nSPS) is 10.6. The van der Waals surface area contributed by atoms with Crippen molar-refractivity contribution in [2.75, 3.05) is 10.6 Å². The smallest absolute Gasteiger partial charge is 0.225 e. The highest BCUT2D eigenvalue weighted by atomic mass is 16.3. The summed E-state index contributed by atoms with van der Waals surface area (Å²) in [5.41, 5.74) is 4.43. The third-order valence-corrected chi connectivity index (χ3v) is 3.63. The van der Waals surface area contributed by atoms with E-state index in [1.165, 1.54) is 11.1 Å². The zero-order chi connectivity index (χ0) is 16.2. The minimum atomic E-state index is 0.555. The Morgan fingerprint density at radius 3 is 2.61 bits per heavy atom. The maximum absolute atomic E-state index is 5.30. The molecule has 3 rings (SSSR count). The van der Waals surface area contributed by atoms with Crippen LogP contribution < -0.4 is 10.6 Å². The average Bonchev–Trinajstić information content (AvgIpc) is 3.02. The highest BCUT2D eigenvalue weighted by Crippen LogP contribution is 2.20. The predicted octanol–water partition coefficient (Wildman–Crippen LogP) is 4.35. The number of anilines is 3. The minimum absolute atomic E-state index is 0.555. The van der Waals surface area contributed by atoms with Gasteiger partial charge in [-0.25, -0.2) is 4.98 Å². The molecule has 0 saturated heterocycles. The number of nitrogens with zero attached hydrogens (tertiary/aromatic N) is 2. The van der Waals surface area contributed by atoms with Crippen LogP contribution >= 0.6 is 0 Å². The third kappa shape index (κ3) is 3.88. The summed E-state index contributed by atoms with van der Waals surface area (Å²) in [4.78, 5) is 8.91. The van der Waals surface area contributed by atoms with Crippen LogP contribution in [0.3, 0.4) is 0 Å². The van der Waals surface area contributed by atoms with Crippen molar-refractivity contribution < 1.29 is 4.42 Å². The van der Waals surface area contributed by atoms with E-state index < -0.39 is 0 Å². The van der Waals surface area contributed by atoms with Gasteiger partial charge in [-0.3, -0.25) is 0 Å². The molecule has 0 radical (unpaired) electrons. The molecule has 118 valence electrons. The Balaban J connectivity index is 1.75. The lowest BCUT2D eigenvalue weighted by atomic mass is 10.1. The van der Waals surface area contributed by atoms with Crippen molar-refractivity contribution in [2.45, 2.75) is 27.3 Å². The number of aryl methyl sites for hydroxylation is 3. The quantitative estimate of drug-likeness (QED) is 0.733. The molecule has 0 bridgehead atoms. The molecule has 5 nitrogen and oxygen atoms in total. The Hall–Kier alpha value is -2.82. The van der Waals surface area contributed by atoms with E-state index in [1.54, 1.807) is 6.26 Å². The first-order valence-corrected chi connectivity index (χ1v) is 7.56. The molecule has 5 heteroatoms. The van der Waals surface area contributed by atoms with Crippen LogP contribution in [0.1, 0.15) is 22.6 Å². The van der Waals surface area contributed by atoms with E-state index in [1.807, 2.05) is 25.1 Å². The van der Waals surface area contributed by atoms with Gasteiger partial charge in [-0.05, 0) is 56.2 Å². The van der Waals surface area contributed by atoms with Crippen LogP contribution in [0.25, 0.3) is 0 Å². The molecule has 3 aromatic rings. The van der Waals surface area contributed by atoms with Crippen molar-refractivity contribution in [1.82, 2.24) is 9.97 Å². The molecule has 0 aliphatic rings. The maximum atomic E-state index is 5.30. The lowest BCUT2D eigenvalue weighted by Gasteiger charge is -2.10. The fourth-order valence-electron chi connectivity index (χ4n) is 2.26. The molecular formula is C18H20N4O. The minimum Gasteiger partial charge on any atom is -0.467 e. The first-order valence-electron chi connectivity index (χ1n) is 7.56. The standard InChI is InChI=1S/C18H20N4O/c1-12-6-7-15(9-13(12)2)21-17-10-14(3)20-18(22-17)19-11-16-5-4-8-23-16/h4-10H,11H2,1-3H3,(H2,19,20,21,22). The van der Waals surface area contributed by atoms with Crippen LogP contribution in [-0.2, 0) is 6.54 Å². The first kappa shape index (κ1) is 15.1. The second-order valence-corrected chi connectivity index (χ2v) is 5.58. The molecule has 2 heterocycles. The molecular weight excluding hydrogens is 288 g/mol. The van der Waals surface area contributed by atoms with Crippen molar-refractivity contribution in [3.8, 4) is 0 Å². The van der Waals surface area contributed by atoms with Gasteiger partial charge in [0.1, 0.15) is 11.6 Å². The lowest BCUT2D eigenvalue weighted by molar-refractivity contribution is 0.517. The van der Waals surface area contributed by atoms with Crippen molar-refractivity contribution in [2.24, 2.45) is 0 Å². The van der Waals surface area contributed by atoms with Gasteiger partial charge in [-0.15, -0.1) is 0 Å². The summed E-state index contributed by atoms with van der Waals surface area (Å²) >= 11 is 0. The molecule has 2 aromatic heterocycles. The van der Waals surface area contributed by atoms with E-state index in [-0.39, 0.29) is 0 Å². The van der Waals surface area contributed by atoms with Gasteiger partial charge >= 0.3 is 0 Å². The van der Waals surface area contributed by atoms with Crippen molar-refractivity contribution in [1.29, 1.82) is 0 Å². The van der Waals surface area contributed by atoms with Gasteiger partial charge < -0.3 is 15.1 Å². The molecule has 0 fully saturated rings. The van der Waals surface area contributed by atoms with Crippen LogP contribution in [0.4, 0.5) is 17.5 Å². The van der Waals surface area contributed by atoms with Crippen LogP contribution in [-0.4, -0.2) is 9.97 Å². The largest absolute Gasteiger partial charge is 0.467 e. The monoisotopic (exact) mass is 308 g/mol. The van der Waals surface area contributed by atoms with Crippen LogP contribution in [0.5, 0.6) is 0 Å². The van der Waals surface area contributed by atoms with Gasteiger partial charge in [-0.2, -0.15) is 4.98 Å². The summed E-state index contributed by atoms with van der Waals surface area (Å²) in [6, 6.07) is 12.0. The number of rotatable bonds is 5. The second-order valence-electron chi connectivity index (χ2n) is 5.58. The summed E-state index contributed by atoms with van der Waals surface area (Å²) in [5, 5.41) is 6.51. The van der Waals surface area contributed by atoms with Crippen molar-refractivity contribution in [3.63, 3.8) is 0 Å². The summed E-state index contributed by atoms with van der Waals surface area (Å²) < 4.78 is 5.30. The van der Waals surface area contributed by atoms with Crippen molar-refractivity contribution in [3.05, 3.63) is 65.2 Å². The fraction of sp³-hybridized carbons (Fsp3) is 0.222. The Bertz CT molecular complexity index is 797. The van der Waals surface area contributed by atoms with Gasteiger partial charge in [0, 0.05) is 17.4 Å². The zero-order valence-corrected chi connectivity index (χ0v) is 13.6.